The number of nitrogens with zero attached hydrogens (tertiary/aromatic N) is 3. The number of nitrogens with one attached hydrogen (secondary N) is 1. The topological polar surface area (TPSA) is 84.3 Å². The Morgan fingerprint density at radius 2 is 1.71 bits per heavy atom. The lowest BCUT2D eigenvalue weighted by Crippen LogP contribution is -2.35. The summed E-state index contributed by atoms with van der Waals surface area (Å²) in [5.74, 6) is 0.0829. The van der Waals surface area contributed by atoms with Gasteiger partial charge in [0.15, 0.2) is 0 Å². The fraction of sp³-hybridized carbons (Fsp3) is 0.304. The Labute approximate surface area is 183 Å². The Kier molecular flexibility index (Phi) is 6.92. The van der Waals surface area contributed by atoms with Gasteiger partial charge in [0, 0.05) is 13.1 Å². The predicted octanol–water partition coefficient (Wildman–Crippen LogP) is 3.37. The molecule has 31 heavy (non-hydrogen) atoms. The number of benzene rings is 2. The molecule has 0 fully saturated rings. The van der Waals surface area contributed by atoms with Crippen molar-refractivity contribution in [3.8, 4) is 0 Å². The van der Waals surface area contributed by atoms with E-state index in [2.05, 4.69) is 29.5 Å². The summed E-state index contributed by atoms with van der Waals surface area (Å²) in [5, 5.41) is 7.03. The quantitative estimate of drug-likeness (QED) is 0.582. The SMILES string of the molecule is CCc1ccc(Cn2nccc2NC(=O)CN(C)S(=O)(=O)c2ccc(C)c(C)c2)cc1. The summed E-state index contributed by atoms with van der Waals surface area (Å²) in [4.78, 5) is 12.7. The van der Waals surface area contributed by atoms with Gasteiger partial charge in [-0.2, -0.15) is 9.40 Å². The van der Waals surface area contributed by atoms with E-state index in [9.17, 15) is 13.2 Å². The highest BCUT2D eigenvalue weighted by Gasteiger charge is 2.23. The largest absolute Gasteiger partial charge is 0.310 e. The minimum absolute atomic E-state index is 0.173. The molecule has 1 aromatic heterocycles. The van der Waals surface area contributed by atoms with Crippen molar-refractivity contribution in [2.45, 2.75) is 38.6 Å². The Morgan fingerprint density at radius 1 is 1.03 bits per heavy atom. The van der Waals surface area contributed by atoms with E-state index in [1.807, 2.05) is 26.0 Å². The molecular formula is C23H28N4O3S. The molecule has 164 valence electrons. The summed E-state index contributed by atoms with van der Waals surface area (Å²) in [5.41, 5.74) is 4.21. The first-order valence-corrected chi connectivity index (χ1v) is 11.6. The lowest BCUT2D eigenvalue weighted by Gasteiger charge is -2.18. The second-order valence-electron chi connectivity index (χ2n) is 7.60. The average molecular weight is 441 g/mol. The molecule has 7 nitrogen and oxygen atoms in total. The fourth-order valence-electron chi connectivity index (χ4n) is 3.14. The summed E-state index contributed by atoms with van der Waals surface area (Å²) in [6, 6.07) is 14.9. The van der Waals surface area contributed by atoms with E-state index in [4.69, 9.17) is 0 Å². The number of anilines is 1. The predicted molar refractivity (Wildman–Crippen MR) is 122 cm³/mol. The molecule has 0 bridgehead atoms. The van der Waals surface area contributed by atoms with Crippen molar-refractivity contribution in [2.24, 2.45) is 0 Å². The summed E-state index contributed by atoms with van der Waals surface area (Å²) >= 11 is 0. The van der Waals surface area contributed by atoms with Crippen LogP contribution in [0.3, 0.4) is 0 Å². The molecule has 8 heteroatoms. The van der Waals surface area contributed by atoms with Crippen LogP contribution in [-0.4, -0.2) is 42.0 Å². The highest BCUT2D eigenvalue weighted by molar-refractivity contribution is 7.89. The smallest absolute Gasteiger partial charge is 0.243 e. The van der Waals surface area contributed by atoms with Crippen molar-refractivity contribution in [1.82, 2.24) is 14.1 Å². The van der Waals surface area contributed by atoms with Crippen LogP contribution < -0.4 is 5.32 Å². The average Bonchev–Trinajstić information content (AvgIpc) is 3.16. The molecule has 0 atom stereocenters. The third-order valence-electron chi connectivity index (χ3n) is 5.30. The van der Waals surface area contributed by atoms with Gasteiger partial charge in [-0.1, -0.05) is 37.3 Å². The van der Waals surface area contributed by atoms with Gasteiger partial charge in [-0.3, -0.25) is 4.79 Å². The number of sulfonamides is 1. The Balaban J connectivity index is 1.66. The van der Waals surface area contributed by atoms with Crippen LogP contribution in [0.1, 0.15) is 29.2 Å². The highest BCUT2D eigenvalue weighted by atomic mass is 32.2. The van der Waals surface area contributed by atoms with Gasteiger partial charge in [-0.15, -0.1) is 0 Å². The molecule has 0 aliphatic carbocycles. The minimum Gasteiger partial charge on any atom is -0.310 e. The van der Waals surface area contributed by atoms with Gasteiger partial charge in [0.2, 0.25) is 15.9 Å². The van der Waals surface area contributed by atoms with Crippen LogP contribution in [0.2, 0.25) is 0 Å². The van der Waals surface area contributed by atoms with Crippen LogP contribution in [-0.2, 0) is 27.8 Å². The van der Waals surface area contributed by atoms with Gasteiger partial charge in [-0.25, -0.2) is 13.1 Å². The van der Waals surface area contributed by atoms with Crippen molar-refractivity contribution in [1.29, 1.82) is 0 Å². The van der Waals surface area contributed by atoms with Gasteiger partial charge < -0.3 is 5.32 Å². The molecule has 3 aromatic rings. The number of likely N-dealkylation sites (N-methyl/N-ethyl adjacent to an activating group) is 1. The van der Waals surface area contributed by atoms with Crippen LogP contribution in [0.4, 0.5) is 5.82 Å². The van der Waals surface area contributed by atoms with E-state index in [0.29, 0.717) is 12.4 Å². The Hall–Kier alpha value is -2.97. The molecule has 0 aliphatic heterocycles. The second-order valence-corrected chi connectivity index (χ2v) is 9.64. The van der Waals surface area contributed by atoms with E-state index >= 15 is 0 Å². The van der Waals surface area contributed by atoms with Crippen LogP contribution in [0.25, 0.3) is 0 Å². The van der Waals surface area contributed by atoms with Gasteiger partial charge in [0.05, 0.1) is 24.2 Å². The van der Waals surface area contributed by atoms with Gasteiger partial charge >= 0.3 is 0 Å². The molecule has 0 saturated heterocycles. The maximum Gasteiger partial charge on any atom is 0.243 e. The first-order chi connectivity index (χ1) is 14.7. The van der Waals surface area contributed by atoms with Crippen LogP contribution in [0, 0.1) is 13.8 Å². The number of aromatic nitrogens is 2. The third kappa shape index (κ3) is 5.39. The molecule has 0 radical (unpaired) electrons. The molecule has 1 N–H and O–H groups in total. The standard InChI is InChI=1S/C23H28N4O3S/c1-5-19-7-9-20(10-8-19)15-27-22(12-13-24-27)25-23(28)16-26(4)31(29,30)21-11-6-17(2)18(3)14-21/h6-14H,5,15-16H2,1-4H3,(H,25,28). The highest BCUT2D eigenvalue weighted by Crippen LogP contribution is 2.18. The van der Waals surface area contributed by atoms with E-state index in [-0.39, 0.29) is 11.4 Å². The summed E-state index contributed by atoms with van der Waals surface area (Å²) in [6.45, 7) is 6.09. The number of carbonyl (C=O) groups is 1. The molecule has 0 aliphatic rings. The minimum atomic E-state index is -3.77. The van der Waals surface area contributed by atoms with E-state index in [1.165, 1.54) is 12.6 Å². The van der Waals surface area contributed by atoms with Crippen molar-refractivity contribution in [3.05, 3.63) is 77.0 Å². The Bertz CT molecular complexity index is 1170. The number of rotatable bonds is 8. The molecule has 0 saturated carbocycles. The number of carbonyl (C=O) groups excluding carboxylic acids is 1. The summed E-state index contributed by atoms with van der Waals surface area (Å²) < 4.78 is 28.4. The lowest BCUT2D eigenvalue weighted by molar-refractivity contribution is -0.116. The Morgan fingerprint density at radius 3 is 2.35 bits per heavy atom. The summed E-state index contributed by atoms with van der Waals surface area (Å²) in [7, 11) is -2.37. The normalized spacial score (nSPS) is 11.6. The summed E-state index contributed by atoms with van der Waals surface area (Å²) in [6.07, 6.45) is 2.58. The lowest BCUT2D eigenvalue weighted by atomic mass is 10.1. The first kappa shape index (κ1) is 22.7. The van der Waals surface area contributed by atoms with E-state index < -0.39 is 15.9 Å². The maximum absolute atomic E-state index is 12.8. The zero-order chi connectivity index (χ0) is 22.6. The molecule has 0 spiro atoms. The molecule has 1 heterocycles. The molecular weight excluding hydrogens is 412 g/mol. The molecule has 2 aromatic carbocycles. The van der Waals surface area contributed by atoms with Crippen LogP contribution in [0.5, 0.6) is 0 Å². The monoisotopic (exact) mass is 440 g/mol. The van der Waals surface area contributed by atoms with Crippen molar-refractivity contribution >= 4 is 21.7 Å². The zero-order valence-corrected chi connectivity index (χ0v) is 19.1. The van der Waals surface area contributed by atoms with Gasteiger partial charge in [-0.05, 0) is 54.7 Å². The zero-order valence-electron chi connectivity index (χ0n) is 18.3. The third-order valence-corrected chi connectivity index (χ3v) is 7.10. The number of amides is 1. The molecule has 3 rings (SSSR count). The van der Waals surface area contributed by atoms with Gasteiger partial charge in [0.25, 0.3) is 0 Å². The van der Waals surface area contributed by atoms with E-state index in [1.54, 1.807) is 35.1 Å². The van der Waals surface area contributed by atoms with Crippen LogP contribution >= 0.6 is 0 Å². The molecule has 1 amide bonds. The van der Waals surface area contributed by atoms with Gasteiger partial charge in [0.1, 0.15) is 5.82 Å². The van der Waals surface area contributed by atoms with Crippen molar-refractivity contribution in [2.75, 3.05) is 18.9 Å². The van der Waals surface area contributed by atoms with Crippen molar-refractivity contribution in [3.63, 3.8) is 0 Å². The number of aryl methyl sites for hydroxylation is 3. The number of hydrogen-bond acceptors (Lipinski definition) is 4. The fourth-order valence-corrected chi connectivity index (χ4v) is 4.35. The van der Waals surface area contributed by atoms with Crippen molar-refractivity contribution < 1.29 is 13.2 Å². The molecule has 0 unspecified atom stereocenters. The van der Waals surface area contributed by atoms with E-state index in [0.717, 1.165) is 27.4 Å². The second kappa shape index (κ2) is 9.45. The van der Waals surface area contributed by atoms with Crippen LogP contribution in [0.15, 0.2) is 59.6 Å². The first-order valence-electron chi connectivity index (χ1n) is 10.1. The number of hydrogen-bond donors (Lipinski definition) is 1. The maximum atomic E-state index is 12.8.